The van der Waals surface area contributed by atoms with Crippen LogP contribution in [0.15, 0.2) is 27.8 Å². The number of aromatic nitrogens is 2. The van der Waals surface area contributed by atoms with Crippen LogP contribution >= 0.6 is 0 Å². The van der Waals surface area contributed by atoms with Crippen molar-refractivity contribution < 1.29 is 14.3 Å². The SMILES string of the molecule is CCCC(=O)OCc1ccc2c(c1)Cc1c([nH]c(=O)[nH]c1=O)O2. The second kappa shape index (κ2) is 6.12. The largest absolute Gasteiger partial charge is 0.461 e. The fourth-order valence-corrected chi connectivity index (χ4v) is 2.44. The van der Waals surface area contributed by atoms with E-state index in [0.717, 1.165) is 17.5 Å². The topological polar surface area (TPSA) is 101 Å². The molecule has 0 unspecified atom stereocenters. The molecule has 1 aromatic heterocycles. The number of H-pyrrole nitrogens is 2. The number of hydrogen-bond donors (Lipinski definition) is 2. The van der Waals surface area contributed by atoms with Crippen molar-refractivity contribution in [3.63, 3.8) is 0 Å². The molecule has 0 saturated heterocycles. The van der Waals surface area contributed by atoms with Gasteiger partial charge in [-0.1, -0.05) is 13.0 Å². The van der Waals surface area contributed by atoms with Gasteiger partial charge in [0.15, 0.2) is 0 Å². The Bertz CT molecular complexity index is 866. The molecule has 0 radical (unpaired) electrons. The van der Waals surface area contributed by atoms with Gasteiger partial charge in [0.1, 0.15) is 12.4 Å². The van der Waals surface area contributed by atoms with E-state index in [9.17, 15) is 14.4 Å². The monoisotopic (exact) mass is 316 g/mol. The van der Waals surface area contributed by atoms with Crippen LogP contribution in [0.25, 0.3) is 0 Å². The maximum absolute atomic E-state index is 11.8. The highest BCUT2D eigenvalue weighted by atomic mass is 16.5. The Kier molecular flexibility index (Phi) is 4.01. The second-order valence-corrected chi connectivity index (χ2v) is 5.35. The molecule has 2 N–H and O–H groups in total. The molecular weight excluding hydrogens is 300 g/mol. The summed E-state index contributed by atoms with van der Waals surface area (Å²) in [6.45, 7) is 2.09. The average Bonchev–Trinajstić information content (AvgIpc) is 2.51. The molecule has 7 nitrogen and oxygen atoms in total. The van der Waals surface area contributed by atoms with Crippen LogP contribution in [-0.4, -0.2) is 15.9 Å². The van der Waals surface area contributed by atoms with Gasteiger partial charge in [0.25, 0.3) is 5.56 Å². The molecule has 2 aromatic rings. The number of carbonyl (C=O) groups excluding carboxylic acids is 1. The molecular formula is C16H16N2O5. The zero-order valence-corrected chi connectivity index (χ0v) is 12.6. The number of hydrogen-bond acceptors (Lipinski definition) is 5. The normalized spacial score (nSPS) is 12.0. The molecule has 3 rings (SSSR count). The van der Waals surface area contributed by atoms with Crippen molar-refractivity contribution in [1.29, 1.82) is 0 Å². The molecule has 0 amide bonds. The predicted molar refractivity (Wildman–Crippen MR) is 81.7 cm³/mol. The molecule has 120 valence electrons. The van der Waals surface area contributed by atoms with Crippen molar-refractivity contribution in [2.45, 2.75) is 32.8 Å². The maximum atomic E-state index is 11.8. The van der Waals surface area contributed by atoms with E-state index in [1.165, 1.54) is 0 Å². The molecule has 7 heteroatoms. The third-order valence-electron chi connectivity index (χ3n) is 3.56. The number of esters is 1. The molecule has 0 bridgehead atoms. The number of benzene rings is 1. The van der Waals surface area contributed by atoms with E-state index in [2.05, 4.69) is 9.97 Å². The van der Waals surface area contributed by atoms with Gasteiger partial charge >= 0.3 is 11.7 Å². The van der Waals surface area contributed by atoms with Gasteiger partial charge in [-0.3, -0.25) is 19.6 Å². The lowest BCUT2D eigenvalue weighted by Gasteiger charge is -2.19. The molecule has 1 aromatic carbocycles. The Morgan fingerprint density at radius 2 is 2.13 bits per heavy atom. The molecule has 0 saturated carbocycles. The first-order valence-electron chi connectivity index (χ1n) is 7.37. The summed E-state index contributed by atoms with van der Waals surface area (Å²) >= 11 is 0. The Hall–Kier alpha value is -2.83. The number of rotatable bonds is 4. The lowest BCUT2D eigenvalue weighted by atomic mass is 10.0. The smallest absolute Gasteiger partial charge is 0.328 e. The second-order valence-electron chi connectivity index (χ2n) is 5.35. The third kappa shape index (κ3) is 3.18. The highest BCUT2D eigenvalue weighted by molar-refractivity contribution is 5.69. The summed E-state index contributed by atoms with van der Waals surface area (Å²) in [5.41, 5.74) is 0.934. The minimum atomic E-state index is -0.600. The molecule has 1 aliphatic heterocycles. The van der Waals surface area contributed by atoms with Gasteiger partial charge in [0.05, 0.1) is 5.56 Å². The number of aromatic amines is 2. The minimum Gasteiger partial charge on any atom is -0.461 e. The van der Waals surface area contributed by atoms with E-state index < -0.39 is 11.2 Å². The van der Waals surface area contributed by atoms with Gasteiger partial charge in [-0.25, -0.2) is 4.79 Å². The van der Waals surface area contributed by atoms with Gasteiger partial charge in [-0.05, 0) is 24.1 Å². The lowest BCUT2D eigenvalue weighted by molar-refractivity contribution is -0.144. The molecule has 23 heavy (non-hydrogen) atoms. The van der Waals surface area contributed by atoms with E-state index in [1.54, 1.807) is 12.1 Å². The third-order valence-corrected chi connectivity index (χ3v) is 3.56. The first-order valence-corrected chi connectivity index (χ1v) is 7.37. The highest BCUT2D eigenvalue weighted by Crippen LogP contribution is 2.33. The Balaban J connectivity index is 1.82. The van der Waals surface area contributed by atoms with Crippen molar-refractivity contribution >= 4 is 5.97 Å². The van der Waals surface area contributed by atoms with Crippen LogP contribution in [0.3, 0.4) is 0 Å². The van der Waals surface area contributed by atoms with Crippen LogP contribution in [0, 0.1) is 0 Å². The van der Waals surface area contributed by atoms with Crippen molar-refractivity contribution in [2.75, 3.05) is 0 Å². The van der Waals surface area contributed by atoms with Crippen LogP contribution in [0.5, 0.6) is 11.6 Å². The predicted octanol–water partition coefficient (Wildman–Crippen LogP) is 1.60. The van der Waals surface area contributed by atoms with Crippen molar-refractivity contribution in [1.82, 2.24) is 9.97 Å². The number of ether oxygens (including phenoxy) is 2. The molecule has 0 atom stereocenters. The Labute approximate surface area is 131 Å². The van der Waals surface area contributed by atoms with Gasteiger partial charge in [-0.15, -0.1) is 0 Å². The molecule has 0 fully saturated rings. The maximum Gasteiger partial charge on any atom is 0.328 e. The van der Waals surface area contributed by atoms with Gasteiger partial charge < -0.3 is 9.47 Å². The number of nitrogens with one attached hydrogen (secondary N) is 2. The molecule has 2 heterocycles. The van der Waals surface area contributed by atoms with Crippen LogP contribution in [0.2, 0.25) is 0 Å². The fourth-order valence-electron chi connectivity index (χ4n) is 2.44. The van der Waals surface area contributed by atoms with E-state index in [-0.39, 0.29) is 18.5 Å². The standard InChI is InChI=1S/C16H16N2O5/c1-2-3-13(19)22-8-9-4-5-12-10(6-9)7-11-14(20)17-16(21)18-15(11)23-12/h4-6H,2-3,7-8H2,1H3,(H2,17,18,20,21). The van der Waals surface area contributed by atoms with Gasteiger partial charge in [0.2, 0.25) is 5.88 Å². The summed E-state index contributed by atoms with van der Waals surface area (Å²) in [7, 11) is 0. The molecule has 0 aliphatic carbocycles. The molecule has 0 spiro atoms. The van der Waals surface area contributed by atoms with E-state index in [0.29, 0.717) is 24.2 Å². The Morgan fingerprint density at radius 3 is 2.91 bits per heavy atom. The van der Waals surface area contributed by atoms with E-state index >= 15 is 0 Å². The van der Waals surface area contributed by atoms with Crippen LogP contribution in [0.1, 0.15) is 36.5 Å². The first-order chi connectivity index (χ1) is 11.1. The van der Waals surface area contributed by atoms with Crippen LogP contribution in [-0.2, 0) is 22.6 Å². The van der Waals surface area contributed by atoms with Crippen molar-refractivity contribution in [3.05, 3.63) is 55.7 Å². The zero-order chi connectivity index (χ0) is 16.4. The highest BCUT2D eigenvalue weighted by Gasteiger charge is 2.21. The van der Waals surface area contributed by atoms with Crippen molar-refractivity contribution in [2.24, 2.45) is 0 Å². The first kappa shape index (κ1) is 15.1. The summed E-state index contributed by atoms with van der Waals surface area (Å²) in [6.07, 6.45) is 1.48. The number of fused-ring (bicyclic) bond motifs is 2. The minimum absolute atomic E-state index is 0.174. The summed E-state index contributed by atoms with van der Waals surface area (Å²) < 4.78 is 10.7. The summed E-state index contributed by atoms with van der Waals surface area (Å²) in [5.74, 6) is 0.511. The number of carbonyl (C=O) groups is 1. The van der Waals surface area contributed by atoms with Crippen LogP contribution in [0.4, 0.5) is 0 Å². The van der Waals surface area contributed by atoms with Gasteiger partial charge in [0, 0.05) is 18.4 Å². The van der Waals surface area contributed by atoms with Crippen molar-refractivity contribution in [3.8, 4) is 11.6 Å². The van der Waals surface area contributed by atoms with E-state index in [4.69, 9.17) is 9.47 Å². The lowest BCUT2D eigenvalue weighted by Crippen LogP contribution is -2.28. The van der Waals surface area contributed by atoms with Crippen LogP contribution < -0.4 is 16.0 Å². The molecule has 1 aliphatic rings. The quantitative estimate of drug-likeness (QED) is 0.712. The zero-order valence-electron chi connectivity index (χ0n) is 12.6. The van der Waals surface area contributed by atoms with E-state index in [1.807, 2.05) is 13.0 Å². The van der Waals surface area contributed by atoms with Gasteiger partial charge in [-0.2, -0.15) is 0 Å². The summed E-state index contributed by atoms with van der Waals surface area (Å²) in [4.78, 5) is 39.2. The fraction of sp³-hybridized carbons (Fsp3) is 0.312. The average molecular weight is 316 g/mol. The Morgan fingerprint density at radius 1 is 1.30 bits per heavy atom. The summed E-state index contributed by atoms with van der Waals surface area (Å²) in [5, 5.41) is 0. The summed E-state index contributed by atoms with van der Waals surface area (Å²) in [6, 6.07) is 5.36.